The van der Waals surface area contributed by atoms with Gasteiger partial charge < -0.3 is 4.98 Å². The second-order valence-corrected chi connectivity index (χ2v) is 7.88. The molecule has 1 amide bonds. The van der Waals surface area contributed by atoms with Crippen LogP contribution in [0.25, 0.3) is 0 Å². The third-order valence-electron chi connectivity index (χ3n) is 3.90. The summed E-state index contributed by atoms with van der Waals surface area (Å²) in [4.78, 5) is 38.1. The number of carbonyl (C=O) groups is 1. The summed E-state index contributed by atoms with van der Waals surface area (Å²) in [7, 11) is -4.23. The average Bonchev–Trinajstić information content (AvgIpc) is 2.68. The quantitative estimate of drug-likeness (QED) is 0.341. The van der Waals surface area contributed by atoms with Crippen LogP contribution in [0.5, 0.6) is 0 Å². The fourth-order valence-corrected chi connectivity index (χ4v) is 3.54. The van der Waals surface area contributed by atoms with Crippen LogP contribution in [0, 0.1) is 6.92 Å². The monoisotopic (exact) mass is 427 g/mol. The van der Waals surface area contributed by atoms with E-state index in [-0.39, 0.29) is 11.3 Å². The predicted octanol–water partition coefficient (Wildman–Crippen LogP) is 0.936. The molecular weight excluding hydrogens is 410 g/mol. The summed E-state index contributed by atoms with van der Waals surface area (Å²) in [6, 6.07) is 13.1. The van der Waals surface area contributed by atoms with E-state index in [0.29, 0.717) is 0 Å². The van der Waals surface area contributed by atoms with Crippen LogP contribution >= 0.6 is 0 Å². The molecule has 3 aromatic rings. The second-order valence-electron chi connectivity index (χ2n) is 6.23. The summed E-state index contributed by atoms with van der Waals surface area (Å²) in [6.07, 6.45) is 2.31. The number of carbonyl (C=O) groups excluding carboxylic acids is 1. The van der Waals surface area contributed by atoms with Crippen LogP contribution in [-0.2, 0) is 10.0 Å². The third kappa shape index (κ3) is 5.08. The standard InChI is InChI=1S/C19H17N5O5S/c1-12-3-2-4-13(9-12)10-21-23-17(25)14-5-7-15(8-6-14)24-30(28,29)16-11-20-19(27)22-18(16)26/h2-11,24H,1H3,(H,23,25)(H2,20,22,26,27)/b21-10+. The van der Waals surface area contributed by atoms with E-state index in [1.165, 1.54) is 30.5 Å². The van der Waals surface area contributed by atoms with Gasteiger partial charge in [-0.2, -0.15) is 5.10 Å². The number of hydrazone groups is 1. The number of aromatic nitrogens is 2. The molecular formula is C19H17N5O5S. The third-order valence-corrected chi connectivity index (χ3v) is 5.28. The Morgan fingerprint density at radius 3 is 2.50 bits per heavy atom. The smallest absolute Gasteiger partial charge is 0.313 e. The van der Waals surface area contributed by atoms with Crippen molar-refractivity contribution >= 4 is 27.8 Å². The molecule has 0 unspecified atom stereocenters. The highest BCUT2D eigenvalue weighted by molar-refractivity contribution is 7.92. The number of hydrogen-bond acceptors (Lipinski definition) is 6. The summed E-state index contributed by atoms with van der Waals surface area (Å²) in [5.74, 6) is -0.481. The van der Waals surface area contributed by atoms with Gasteiger partial charge in [-0.15, -0.1) is 0 Å². The Labute approximate surface area is 170 Å². The molecule has 0 spiro atoms. The lowest BCUT2D eigenvalue weighted by atomic mass is 10.2. The number of hydrogen-bond donors (Lipinski definition) is 4. The first-order chi connectivity index (χ1) is 14.2. The molecule has 0 aliphatic carbocycles. The van der Waals surface area contributed by atoms with Crippen molar-refractivity contribution in [1.29, 1.82) is 0 Å². The lowest BCUT2D eigenvalue weighted by Crippen LogP contribution is -2.29. The van der Waals surface area contributed by atoms with Gasteiger partial charge in [0.1, 0.15) is 0 Å². The van der Waals surface area contributed by atoms with E-state index in [2.05, 4.69) is 20.2 Å². The molecule has 1 aromatic heterocycles. The summed E-state index contributed by atoms with van der Waals surface area (Å²) < 4.78 is 26.8. The largest absolute Gasteiger partial charge is 0.325 e. The molecule has 0 radical (unpaired) electrons. The number of sulfonamides is 1. The van der Waals surface area contributed by atoms with E-state index in [4.69, 9.17) is 0 Å². The fourth-order valence-electron chi connectivity index (χ4n) is 2.48. The topological polar surface area (TPSA) is 153 Å². The normalized spacial score (nSPS) is 11.4. The lowest BCUT2D eigenvalue weighted by Gasteiger charge is -2.07. The van der Waals surface area contributed by atoms with Crippen molar-refractivity contribution in [3.05, 3.63) is 92.3 Å². The summed E-state index contributed by atoms with van der Waals surface area (Å²) in [6.45, 7) is 1.94. The maximum Gasteiger partial charge on any atom is 0.325 e. The Morgan fingerprint density at radius 2 is 1.83 bits per heavy atom. The number of nitrogens with zero attached hydrogens (tertiary/aromatic N) is 1. The number of aromatic amines is 2. The SMILES string of the molecule is Cc1cccc(/C=N/NC(=O)c2ccc(NS(=O)(=O)c3c[nH]c(=O)[nH]c3=O)cc2)c1. The zero-order valence-corrected chi connectivity index (χ0v) is 16.5. The van der Waals surface area contributed by atoms with E-state index in [9.17, 15) is 22.8 Å². The minimum absolute atomic E-state index is 0.125. The van der Waals surface area contributed by atoms with Crippen LogP contribution in [0.3, 0.4) is 0 Å². The van der Waals surface area contributed by atoms with E-state index in [0.717, 1.165) is 17.3 Å². The molecule has 11 heteroatoms. The number of aryl methyl sites for hydroxylation is 1. The first-order valence-corrected chi connectivity index (χ1v) is 10.1. The molecule has 30 heavy (non-hydrogen) atoms. The van der Waals surface area contributed by atoms with E-state index < -0.39 is 32.1 Å². The van der Waals surface area contributed by atoms with Crippen molar-refractivity contribution in [2.75, 3.05) is 4.72 Å². The van der Waals surface area contributed by atoms with Crippen molar-refractivity contribution in [3.8, 4) is 0 Å². The van der Waals surface area contributed by atoms with Crippen molar-refractivity contribution in [1.82, 2.24) is 15.4 Å². The van der Waals surface area contributed by atoms with Gasteiger partial charge in [-0.3, -0.25) is 19.3 Å². The Morgan fingerprint density at radius 1 is 1.10 bits per heavy atom. The van der Waals surface area contributed by atoms with E-state index in [1.54, 1.807) is 0 Å². The average molecular weight is 427 g/mol. The van der Waals surface area contributed by atoms with Gasteiger partial charge in [0.05, 0.1) is 6.21 Å². The van der Waals surface area contributed by atoms with Crippen LogP contribution in [-0.4, -0.2) is 30.5 Å². The van der Waals surface area contributed by atoms with Gasteiger partial charge in [0, 0.05) is 17.4 Å². The highest BCUT2D eigenvalue weighted by Crippen LogP contribution is 2.14. The predicted molar refractivity (Wildman–Crippen MR) is 111 cm³/mol. The van der Waals surface area contributed by atoms with Crippen LogP contribution in [0.2, 0.25) is 0 Å². The number of rotatable bonds is 6. The molecule has 4 N–H and O–H groups in total. The van der Waals surface area contributed by atoms with Crippen LogP contribution < -0.4 is 21.4 Å². The second kappa shape index (κ2) is 8.57. The van der Waals surface area contributed by atoms with Gasteiger partial charge in [-0.1, -0.05) is 29.8 Å². The van der Waals surface area contributed by atoms with Gasteiger partial charge in [0.2, 0.25) is 0 Å². The number of nitrogens with one attached hydrogen (secondary N) is 4. The Balaban J connectivity index is 1.67. The maximum absolute atomic E-state index is 12.3. The summed E-state index contributed by atoms with van der Waals surface area (Å²) >= 11 is 0. The first kappa shape index (κ1) is 20.7. The first-order valence-electron chi connectivity index (χ1n) is 8.59. The molecule has 3 rings (SSSR count). The minimum atomic E-state index is -4.23. The van der Waals surface area contributed by atoms with Crippen molar-refractivity contribution in [2.45, 2.75) is 11.8 Å². The minimum Gasteiger partial charge on any atom is -0.313 e. The lowest BCUT2D eigenvalue weighted by molar-refractivity contribution is 0.0955. The highest BCUT2D eigenvalue weighted by Gasteiger charge is 2.19. The number of H-pyrrole nitrogens is 2. The van der Waals surface area contributed by atoms with Gasteiger partial charge in [0.25, 0.3) is 21.5 Å². The van der Waals surface area contributed by atoms with Crippen LogP contribution in [0.4, 0.5) is 5.69 Å². The molecule has 0 aliphatic heterocycles. The molecule has 10 nitrogen and oxygen atoms in total. The number of benzene rings is 2. The highest BCUT2D eigenvalue weighted by atomic mass is 32.2. The molecule has 1 heterocycles. The van der Waals surface area contributed by atoms with E-state index in [1.807, 2.05) is 36.2 Å². The molecule has 0 aliphatic rings. The van der Waals surface area contributed by atoms with Crippen LogP contribution in [0.15, 0.2) is 74.3 Å². The Hall–Kier alpha value is -3.99. The molecule has 0 saturated heterocycles. The molecule has 0 saturated carbocycles. The molecule has 0 fully saturated rings. The van der Waals surface area contributed by atoms with Crippen LogP contribution in [0.1, 0.15) is 21.5 Å². The number of anilines is 1. The maximum atomic E-state index is 12.3. The van der Waals surface area contributed by atoms with Gasteiger partial charge in [0.15, 0.2) is 4.90 Å². The summed E-state index contributed by atoms with van der Waals surface area (Å²) in [5, 5.41) is 3.89. The van der Waals surface area contributed by atoms with Crippen molar-refractivity contribution in [3.63, 3.8) is 0 Å². The molecule has 154 valence electrons. The summed E-state index contributed by atoms with van der Waals surface area (Å²) in [5.41, 5.74) is 2.79. The van der Waals surface area contributed by atoms with Gasteiger partial charge >= 0.3 is 5.69 Å². The Bertz CT molecular complexity index is 1320. The number of amides is 1. The van der Waals surface area contributed by atoms with Gasteiger partial charge in [-0.05, 0) is 36.8 Å². The fraction of sp³-hybridized carbons (Fsp3) is 0.0526. The zero-order valence-electron chi connectivity index (χ0n) is 15.7. The molecule has 2 aromatic carbocycles. The molecule has 0 atom stereocenters. The van der Waals surface area contributed by atoms with Crippen molar-refractivity contribution < 1.29 is 13.2 Å². The van der Waals surface area contributed by atoms with E-state index >= 15 is 0 Å². The molecule has 0 bridgehead atoms. The van der Waals surface area contributed by atoms with Crippen molar-refractivity contribution in [2.24, 2.45) is 5.10 Å². The van der Waals surface area contributed by atoms with Gasteiger partial charge in [-0.25, -0.2) is 18.6 Å². The Kier molecular flexibility index (Phi) is 5.93. The zero-order chi connectivity index (χ0) is 21.7.